The van der Waals surface area contributed by atoms with Gasteiger partial charge in [-0.25, -0.2) is 0 Å². The van der Waals surface area contributed by atoms with Crippen LogP contribution >= 0.6 is 11.8 Å². The van der Waals surface area contributed by atoms with Gasteiger partial charge in [0.25, 0.3) is 5.91 Å². The molecule has 3 heterocycles. The van der Waals surface area contributed by atoms with E-state index in [-0.39, 0.29) is 5.91 Å². The van der Waals surface area contributed by atoms with Crippen LogP contribution in [0.4, 0.5) is 0 Å². The number of thioether (sulfide) groups is 1. The summed E-state index contributed by atoms with van der Waals surface area (Å²) >= 11 is 2.04. The third-order valence-electron chi connectivity index (χ3n) is 6.02. The minimum atomic E-state index is 0.217. The number of fused-ring (bicyclic) bond motifs is 1. The van der Waals surface area contributed by atoms with Crippen LogP contribution in [0, 0.1) is 11.8 Å². The van der Waals surface area contributed by atoms with E-state index in [9.17, 15) is 4.79 Å². The predicted molar refractivity (Wildman–Crippen MR) is 104 cm³/mol. The molecule has 0 aromatic heterocycles. The summed E-state index contributed by atoms with van der Waals surface area (Å²) in [7, 11) is 0. The summed E-state index contributed by atoms with van der Waals surface area (Å²) in [5.74, 6) is 4.23. The van der Waals surface area contributed by atoms with Crippen LogP contribution in [-0.2, 0) is 6.54 Å². The lowest BCUT2D eigenvalue weighted by Crippen LogP contribution is -2.33. The highest BCUT2D eigenvalue weighted by Gasteiger charge is 2.31. The average molecular weight is 360 g/mol. The first-order valence-electron chi connectivity index (χ1n) is 9.68. The fraction of sp³-hybridized carbons (Fsp3) is 0.650. The van der Waals surface area contributed by atoms with Crippen molar-refractivity contribution in [3.8, 4) is 0 Å². The lowest BCUT2D eigenvalue weighted by molar-refractivity contribution is 0.0758. The summed E-state index contributed by atoms with van der Waals surface area (Å²) in [6.45, 7) is 7.46. The highest BCUT2D eigenvalue weighted by Crippen LogP contribution is 2.27. The molecule has 1 amide bonds. The minimum Gasteiger partial charge on any atom is -0.339 e. The number of amides is 1. The lowest BCUT2D eigenvalue weighted by Gasteiger charge is -2.26. The largest absolute Gasteiger partial charge is 0.339 e. The molecule has 4 rings (SSSR count). The second kappa shape index (κ2) is 8.11. The maximum Gasteiger partial charge on any atom is 0.253 e. The first kappa shape index (κ1) is 17.4. The first-order chi connectivity index (χ1) is 12.3. The number of benzene rings is 1. The first-order valence-corrected chi connectivity index (χ1v) is 10.8. The fourth-order valence-electron chi connectivity index (χ4n) is 4.37. The SMILES string of the molecule is O=C(c1ccc(CN2CCSCC2)cc1)N1CC[C@@H]2CNC[C@@H]2CC1. The molecular formula is C20H29N3OS. The van der Waals surface area contributed by atoms with Gasteiger partial charge in [0.15, 0.2) is 0 Å². The Morgan fingerprint density at radius 1 is 1.00 bits per heavy atom. The molecule has 3 aliphatic rings. The zero-order chi connectivity index (χ0) is 17.1. The standard InChI is InChI=1S/C20H29N3OS/c24-20(23-7-5-18-13-21-14-19(18)6-8-23)17-3-1-16(2-4-17)15-22-9-11-25-12-10-22/h1-4,18-19,21H,5-15H2/t18-,19+. The van der Waals surface area contributed by atoms with E-state index in [1.807, 2.05) is 23.9 Å². The summed E-state index contributed by atoms with van der Waals surface area (Å²) in [4.78, 5) is 17.5. The molecule has 3 fully saturated rings. The molecule has 0 saturated carbocycles. The van der Waals surface area contributed by atoms with Gasteiger partial charge in [0.1, 0.15) is 0 Å². The summed E-state index contributed by atoms with van der Waals surface area (Å²) in [6, 6.07) is 8.35. The van der Waals surface area contributed by atoms with Crippen LogP contribution in [0.3, 0.4) is 0 Å². The van der Waals surface area contributed by atoms with Gasteiger partial charge >= 0.3 is 0 Å². The van der Waals surface area contributed by atoms with Gasteiger partial charge in [-0.1, -0.05) is 12.1 Å². The Bertz CT molecular complexity index is 571. The van der Waals surface area contributed by atoms with Gasteiger partial charge in [0.2, 0.25) is 0 Å². The molecule has 0 unspecified atom stereocenters. The molecule has 0 bridgehead atoms. The van der Waals surface area contributed by atoms with Crippen LogP contribution in [0.15, 0.2) is 24.3 Å². The minimum absolute atomic E-state index is 0.217. The van der Waals surface area contributed by atoms with Crippen LogP contribution in [-0.4, -0.2) is 66.5 Å². The molecule has 3 aliphatic heterocycles. The molecule has 1 N–H and O–H groups in total. The molecule has 5 heteroatoms. The van der Waals surface area contributed by atoms with Crippen molar-refractivity contribution < 1.29 is 4.79 Å². The summed E-state index contributed by atoms with van der Waals surface area (Å²) < 4.78 is 0. The van der Waals surface area contributed by atoms with Gasteiger partial charge < -0.3 is 10.2 Å². The smallest absolute Gasteiger partial charge is 0.253 e. The van der Waals surface area contributed by atoms with Crippen molar-refractivity contribution >= 4 is 17.7 Å². The summed E-state index contributed by atoms with van der Waals surface area (Å²) in [5.41, 5.74) is 2.17. The van der Waals surface area contributed by atoms with Crippen molar-refractivity contribution in [2.24, 2.45) is 11.8 Å². The topological polar surface area (TPSA) is 35.6 Å². The summed E-state index contributed by atoms with van der Waals surface area (Å²) in [5, 5.41) is 3.50. The molecule has 1 aromatic rings. The van der Waals surface area contributed by atoms with E-state index in [1.54, 1.807) is 0 Å². The van der Waals surface area contributed by atoms with Gasteiger partial charge in [-0.3, -0.25) is 9.69 Å². The van der Waals surface area contributed by atoms with E-state index in [0.717, 1.165) is 63.0 Å². The number of rotatable bonds is 3. The zero-order valence-corrected chi connectivity index (χ0v) is 15.8. The maximum atomic E-state index is 12.9. The molecule has 0 aliphatic carbocycles. The molecule has 25 heavy (non-hydrogen) atoms. The van der Waals surface area contributed by atoms with Crippen molar-refractivity contribution in [1.29, 1.82) is 0 Å². The van der Waals surface area contributed by atoms with Crippen molar-refractivity contribution in [1.82, 2.24) is 15.1 Å². The van der Waals surface area contributed by atoms with Crippen LogP contribution < -0.4 is 5.32 Å². The fourth-order valence-corrected chi connectivity index (χ4v) is 5.35. The van der Waals surface area contributed by atoms with E-state index in [4.69, 9.17) is 0 Å². The Morgan fingerprint density at radius 3 is 2.28 bits per heavy atom. The van der Waals surface area contributed by atoms with Crippen LogP contribution in [0.5, 0.6) is 0 Å². The number of carbonyl (C=O) groups is 1. The maximum absolute atomic E-state index is 12.9. The second-order valence-electron chi connectivity index (χ2n) is 7.63. The number of carbonyl (C=O) groups excluding carboxylic acids is 1. The Balaban J connectivity index is 1.35. The van der Waals surface area contributed by atoms with Crippen LogP contribution in [0.1, 0.15) is 28.8 Å². The van der Waals surface area contributed by atoms with Crippen molar-refractivity contribution in [3.05, 3.63) is 35.4 Å². The van der Waals surface area contributed by atoms with Crippen LogP contribution in [0.25, 0.3) is 0 Å². The number of nitrogens with one attached hydrogen (secondary N) is 1. The Labute approximate surface area is 155 Å². The van der Waals surface area contributed by atoms with Gasteiger partial charge in [-0.2, -0.15) is 11.8 Å². The predicted octanol–water partition coefficient (Wildman–Crippen LogP) is 2.31. The third-order valence-corrected chi connectivity index (χ3v) is 6.96. The highest BCUT2D eigenvalue weighted by atomic mass is 32.2. The monoisotopic (exact) mass is 359 g/mol. The molecule has 0 radical (unpaired) electrons. The third kappa shape index (κ3) is 4.21. The number of nitrogens with zero attached hydrogens (tertiary/aromatic N) is 2. The second-order valence-corrected chi connectivity index (χ2v) is 8.86. The van der Waals surface area contributed by atoms with E-state index in [2.05, 4.69) is 27.2 Å². The molecule has 3 saturated heterocycles. The van der Waals surface area contributed by atoms with Crippen LogP contribution in [0.2, 0.25) is 0 Å². The normalized spacial score (nSPS) is 27.8. The lowest BCUT2D eigenvalue weighted by atomic mass is 9.92. The number of likely N-dealkylation sites (tertiary alicyclic amines) is 1. The quantitative estimate of drug-likeness (QED) is 0.898. The van der Waals surface area contributed by atoms with E-state index in [0.29, 0.717) is 0 Å². The molecule has 2 atom stereocenters. The van der Waals surface area contributed by atoms with E-state index < -0.39 is 0 Å². The highest BCUT2D eigenvalue weighted by molar-refractivity contribution is 7.99. The number of hydrogen-bond donors (Lipinski definition) is 1. The van der Waals surface area contributed by atoms with Gasteiger partial charge in [-0.05, 0) is 55.5 Å². The van der Waals surface area contributed by atoms with Crippen molar-refractivity contribution in [3.63, 3.8) is 0 Å². The Hall–Kier alpha value is -1.04. The van der Waals surface area contributed by atoms with Crippen molar-refractivity contribution in [2.45, 2.75) is 19.4 Å². The van der Waals surface area contributed by atoms with Gasteiger partial charge in [-0.15, -0.1) is 0 Å². The molecule has 4 nitrogen and oxygen atoms in total. The zero-order valence-electron chi connectivity index (χ0n) is 15.0. The van der Waals surface area contributed by atoms with E-state index >= 15 is 0 Å². The van der Waals surface area contributed by atoms with Gasteiger partial charge in [0.05, 0.1) is 0 Å². The number of hydrogen-bond acceptors (Lipinski definition) is 4. The Kier molecular flexibility index (Phi) is 5.63. The molecule has 0 spiro atoms. The summed E-state index contributed by atoms with van der Waals surface area (Å²) in [6.07, 6.45) is 2.29. The van der Waals surface area contributed by atoms with E-state index in [1.165, 1.54) is 30.2 Å². The van der Waals surface area contributed by atoms with Crippen molar-refractivity contribution in [2.75, 3.05) is 50.8 Å². The average Bonchev–Trinajstić information content (AvgIpc) is 3.01. The molecular weight excluding hydrogens is 330 g/mol. The Morgan fingerprint density at radius 2 is 1.64 bits per heavy atom. The molecule has 1 aromatic carbocycles. The van der Waals surface area contributed by atoms with Gasteiger partial charge in [0, 0.05) is 49.8 Å². The molecule has 136 valence electrons.